The molecule has 0 radical (unpaired) electrons. The van der Waals surface area contributed by atoms with Crippen LogP contribution in [0.15, 0.2) is 0 Å². The van der Waals surface area contributed by atoms with Crippen LogP contribution in [-0.4, -0.2) is 37.6 Å². The molecule has 0 aromatic carbocycles. The van der Waals surface area contributed by atoms with Gasteiger partial charge in [0.1, 0.15) is 0 Å². The van der Waals surface area contributed by atoms with Crippen LogP contribution in [0.1, 0.15) is 52.4 Å². The highest BCUT2D eigenvalue weighted by Gasteiger charge is 2.20. The standard InChI is InChI=1S/C16H32N2/c1-14-5-3-6-16(11-14)7-10-18-9-4-8-17-12-15(2)13-18/h14-17H,3-13H2,1-2H3. The highest BCUT2D eigenvalue weighted by atomic mass is 15.1. The van der Waals surface area contributed by atoms with Crippen molar-refractivity contribution in [2.45, 2.75) is 52.4 Å². The summed E-state index contributed by atoms with van der Waals surface area (Å²) in [7, 11) is 0. The van der Waals surface area contributed by atoms with Crippen molar-refractivity contribution in [3.63, 3.8) is 0 Å². The van der Waals surface area contributed by atoms with Crippen molar-refractivity contribution in [1.29, 1.82) is 0 Å². The molecule has 2 nitrogen and oxygen atoms in total. The molecule has 0 amide bonds. The molecular formula is C16H32N2. The lowest BCUT2D eigenvalue weighted by atomic mass is 9.81. The van der Waals surface area contributed by atoms with Crippen molar-refractivity contribution in [1.82, 2.24) is 10.2 Å². The Kier molecular flexibility index (Phi) is 5.97. The summed E-state index contributed by atoms with van der Waals surface area (Å²) < 4.78 is 0. The monoisotopic (exact) mass is 252 g/mol. The number of rotatable bonds is 3. The molecule has 1 aliphatic carbocycles. The van der Waals surface area contributed by atoms with Gasteiger partial charge in [0.15, 0.2) is 0 Å². The van der Waals surface area contributed by atoms with Crippen molar-refractivity contribution in [2.24, 2.45) is 17.8 Å². The lowest BCUT2D eigenvalue weighted by molar-refractivity contribution is 0.183. The molecule has 0 bridgehead atoms. The first-order chi connectivity index (χ1) is 8.74. The lowest BCUT2D eigenvalue weighted by Gasteiger charge is -2.32. The zero-order chi connectivity index (χ0) is 12.8. The molecule has 1 heterocycles. The second-order valence-electron chi connectivity index (χ2n) is 6.89. The molecule has 1 saturated carbocycles. The fraction of sp³-hybridized carbons (Fsp3) is 1.00. The maximum atomic E-state index is 3.54. The maximum absolute atomic E-state index is 3.54. The van der Waals surface area contributed by atoms with Gasteiger partial charge in [0.25, 0.3) is 0 Å². The molecule has 2 fully saturated rings. The molecule has 2 rings (SSSR count). The van der Waals surface area contributed by atoms with Crippen molar-refractivity contribution in [2.75, 3.05) is 32.7 Å². The van der Waals surface area contributed by atoms with Crippen LogP contribution in [0.3, 0.4) is 0 Å². The molecule has 1 N–H and O–H groups in total. The van der Waals surface area contributed by atoms with Crippen molar-refractivity contribution >= 4 is 0 Å². The Morgan fingerprint density at radius 2 is 2.00 bits per heavy atom. The molecule has 2 heteroatoms. The van der Waals surface area contributed by atoms with Gasteiger partial charge in [0.05, 0.1) is 0 Å². The average molecular weight is 252 g/mol. The summed E-state index contributed by atoms with van der Waals surface area (Å²) in [5.74, 6) is 2.82. The van der Waals surface area contributed by atoms with Crippen LogP contribution < -0.4 is 5.32 Å². The Balaban J connectivity index is 1.70. The Labute approximate surface area is 114 Å². The van der Waals surface area contributed by atoms with Gasteiger partial charge in [-0.2, -0.15) is 0 Å². The number of nitrogens with zero attached hydrogens (tertiary/aromatic N) is 1. The zero-order valence-corrected chi connectivity index (χ0v) is 12.5. The normalized spacial score (nSPS) is 36.0. The largest absolute Gasteiger partial charge is 0.316 e. The smallest absolute Gasteiger partial charge is 0.00192 e. The summed E-state index contributed by atoms with van der Waals surface area (Å²) >= 11 is 0. The molecule has 1 saturated heterocycles. The van der Waals surface area contributed by atoms with Gasteiger partial charge in [-0.15, -0.1) is 0 Å². The van der Waals surface area contributed by atoms with Gasteiger partial charge in [-0.05, 0) is 63.2 Å². The van der Waals surface area contributed by atoms with E-state index in [2.05, 4.69) is 24.1 Å². The van der Waals surface area contributed by atoms with E-state index in [-0.39, 0.29) is 0 Å². The van der Waals surface area contributed by atoms with E-state index in [1.54, 1.807) is 0 Å². The van der Waals surface area contributed by atoms with Gasteiger partial charge < -0.3 is 10.2 Å². The second kappa shape index (κ2) is 7.49. The first kappa shape index (κ1) is 14.3. The summed E-state index contributed by atoms with van der Waals surface area (Å²) in [5, 5.41) is 3.54. The van der Waals surface area contributed by atoms with E-state index in [0.717, 1.165) is 17.8 Å². The Hall–Kier alpha value is -0.0800. The van der Waals surface area contributed by atoms with Gasteiger partial charge in [-0.25, -0.2) is 0 Å². The highest BCUT2D eigenvalue weighted by Crippen LogP contribution is 2.30. The fourth-order valence-electron chi connectivity index (χ4n) is 3.76. The summed E-state index contributed by atoms with van der Waals surface area (Å²) in [6, 6.07) is 0. The number of hydrogen-bond acceptors (Lipinski definition) is 2. The Bertz CT molecular complexity index is 229. The van der Waals surface area contributed by atoms with Gasteiger partial charge in [0.2, 0.25) is 0 Å². The van der Waals surface area contributed by atoms with Crippen LogP contribution in [0.4, 0.5) is 0 Å². The minimum Gasteiger partial charge on any atom is -0.316 e. The first-order valence-corrected chi connectivity index (χ1v) is 8.17. The molecule has 0 spiro atoms. The molecule has 0 aromatic heterocycles. The topological polar surface area (TPSA) is 15.3 Å². The van der Waals surface area contributed by atoms with E-state index in [9.17, 15) is 0 Å². The summed E-state index contributed by atoms with van der Waals surface area (Å²) in [6.07, 6.45) is 8.72. The summed E-state index contributed by atoms with van der Waals surface area (Å²) in [5.41, 5.74) is 0. The van der Waals surface area contributed by atoms with Crippen LogP contribution in [0.25, 0.3) is 0 Å². The Morgan fingerprint density at radius 3 is 2.83 bits per heavy atom. The van der Waals surface area contributed by atoms with Crippen LogP contribution in [0, 0.1) is 17.8 Å². The third kappa shape index (κ3) is 4.89. The highest BCUT2D eigenvalue weighted by molar-refractivity contribution is 4.74. The number of nitrogens with one attached hydrogen (secondary N) is 1. The van der Waals surface area contributed by atoms with E-state index in [1.807, 2.05) is 0 Å². The summed E-state index contributed by atoms with van der Waals surface area (Å²) in [6.45, 7) is 11.2. The third-order valence-corrected chi connectivity index (χ3v) is 4.79. The van der Waals surface area contributed by atoms with Gasteiger partial charge in [0, 0.05) is 6.54 Å². The van der Waals surface area contributed by atoms with E-state index in [4.69, 9.17) is 0 Å². The maximum Gasteiger partial charge on any atom is 0.00192 e. The van der Waals surface area contributed by atoms with Crippen molar-refractivity contribution in [3.8, 4) is 0 Å². The predicted octanol–water partition coefficient (Wildman–Crippen LogP) is 3.13. The quantitative estimate of drug-likeness (QED) is 0.830. The molecule has 3 unspecified atom stereocenters. The van der Waals surface area contributed by atoms with E-state index >= 15 is 0 Å². The van der Waals surface area contributed by atoms with Crippen molar-refractivity contribution in [3.05, 3.63) is 0 Å². The zero-order valence-electron chi connectivity index (χ0n) is 12.5. The fourth-order valence-corrected chi connectivity index (χ4v) is 3.76. The molecule has 3 atom stereocenters. The average Bonchev–Trinajstić information content (AvgIpc) is 2.32. The predicted molar refractivity (Wildman–Crippen MR) is 78.8 cm³/mol. The SMILES string of the molecule is CC1CCCC(CCN2CCCNCC(C)C2)C1. The minimum absolute atomic E-state index is 0.815. The first-order valence-electron chi connectivity index (χ1n) is 8.17. The summed E-state index contributed by atoms with van der Waals surface area (Å²) in [4.78, 5) is 2.73. The van der Waals surface area contributed by atoms with Crippen molar-refractivity contribution < 1.29 is 0 Å². The number of hydrogen-bond donors (Lipinski definition) is 1. The van der Waals surface area contributed by atoms with Gasteiger partial charge in [-0.1, -0.05) is 33.1 Å². The van der Waals surface area contributed by atoms with Crippen LogP contribution in [0.2, 0.25) is 0 Å². The Morgan fingerprint density at radius 1 is 1.11 bits per heavy atom. The molecule has 0 aromatic rings. The molecular weight excluding hydrogens is 220 g/mol. The van der Waals surface area contributed by atoms with E-state index in [1.165, 1.54) is 71.2 Å². The minimum atomic E-state index is 0.815. The van der Waals surface area contributed by atoms with Gasteiger partial charge in [-0.3, -0.25) is 0 Å². The van der Waals surface area contributed by atoms with Crippen LogP contribution in [0.5, 0.6) is 0 Å². The third-order valence-electron chi connectivity index (χ3n) is 4.79. The molecule has 18 heavy (non-hydrogen) atoms. The van der Waals surface area contributed by atoms with E-state index in [0.29, 0.717) is 0 Å². The van der Waals surface area contributed by atoms with Gasteiger partial charge >= 0.3 is 0 Å². The lowest BCUT2D eigenvalue weighted by Crippen LogP contribution is -2.39. The van der Waals surface area contributed by atoms with Crippen LogP contribution in [-0.2, 0) is 0 Å². The molecule has 2 aliphatic rings. The second-order valence-corrected chi connectivity index (χ2v) is 6.89. The molecule has 1 aliphatic heterocycles. The van der Waals surface area contributed by atoms with E-state index < -0.39 is 0 Å². The van der Waals surface area contributed by atoms with Crippen LogP contribution >= 0.6 is 0 Å². The molecule has 106 valence electrons.